The summed E-state index contributed by atoms with van der Waals surface area (Å²) in [7, 11) is 0. The minimum absolute atomic E-state index is 0.110. The zero-order valence-corrected chi connectivity index (χ0v) is 11.6. The summed E-state index contributed by atoms with van der Waals surface area (Å²) in [4.78, 5) is 4.06. The summed E-state index contributed by atoms with van der Waals surface area (Å²) < 4.78 is 0. The third-order valence-electron chi connectivity index (χ3n) is 2.91. The van der Waals surface area contributed by atoms with Crippen molar-refractivity contribution in [2.45, 2.75) is 12.5 Å². The minimum Gasteiger partial charge on any atom is -0.398 e. The molecule has 4 nitrogen and oxygen atoms in total. The number of halogens is 2. The number of nitrogens with one attached hydrogen (secondary N) is 1. The number of benzene rings is 1. The van der Waals surface area contributed by atoms with E-state index < -0.39 is 0 Å². The molecule has 0 fully saturated rings. The van der Waals surface area contributed by atoms with Gasteiger partial charge in [-0.2, -0.15) is 0 Å². The summed E-state index contributed by atoms with van der Waals surface area (Å²) in [6.07, 6.45) is 4.01. The molecule has 2 aromatic rings. The van der Waals surface area contributed by atoms with Gasteiger partial charge in [-0.15, -0.1) is 0 Å². The zero-order chi connectivity index (χ0) is 13.8. The normalized spacial score (nSPS) is 12.4. The molecule has 0 saturated heterocycles. The van der Waals surface area contributed by atoms with Crippen LogP contribution in [-0.2, 0) is 6.42 Å². The molecule has 100 valence electrons. The molecule has 0 amide bonds. The van der Waals surface area contributed by atoms with E-state index in [2.05, 4.69) is 10.4 Å². The molecule has 5 N–H and O–H groups in total. The molecule has 0 bridgehead atoms. The maximum absolute atomic E-state index is 6.01. The van der Waals surface area contributed by atoms with Crippen LogP contribution in [-0.4, -0.2) is 4.98 Å². The van der Waals surface area contributed by atoms with Crippen molar-refractivity contribution in [1.82, 2.24) is 10.4 Å². The third-order valence-corrected chi connectivity index (χ3v) is 3.65. The second-order valence-corrected chi connectivity index (χ2v) is 4.99. The van der Waals surface area contributed by atoms with E-state index in [4.69, 9.17) is 34.8 Å². The molecule has 6 heteroatoms. The summed E-state index contributed by atoms with van der Waals surface area (Å²) in [6.45, 7) is 0. The van der Waals surface area contributed by atoms with Gasteiger partial charge in [0.2, 0.25) is 0 Å². The average molecular weight is 297 g/mol. The second-order valence-electron chi connectivity index (χ2n) is 4.17. The largest absolute Gasteiger partial charge is 0.398 e. The van der Waals surface area contributed by atoms with Crippen LogP contribution in [0.15, 0.2) is 36.7 Å². The maximum atomic E-state index is 6.01. The fourth-order valence-electron chi connectivity index (χ4n) is 1.83. The van der Waals surface area contributed by atoms with Crippen LogP contribution in [0.5, 0.6) is 0 Å². The molecule has 1 atom stereocenters. The number of nitrogens with zero attached hydrogens (tertiary/aromatic N) is 1. The Labute approximate surface area is 121 Å². The second kappa shape index (κ2) is 6.21. The molecule has 2 rings (SSSR count). The van der Waals surface area contributed by atoms with Gasteiger partial charge in [0.15, 0.2) is 0 Å². The third kappa shape index (κ3) is 3.36. The number of rotatable bonds is 4. The highest BCUT2D eigenvalue weighted by atomic mass is 35.5. The van der Waals surface area contributed by atoms with Gasteiger partial charge in [-0.3, -0.25) is 16.3 Å². The Morgan fingerprint density at radius 2 is 2.00 bits per heavy atom. The summed E-state index contributed by atoms with van der Waals surface area (Å²) in [5.41, 5.74) is 11.2. The lowest BCUT2D eigenvalue weighted by Gasteiger charge is -2.17. The van der Waals surface area contributed by atoms with Gasteiger partial charge in [-0.1, -0.05) is 29.3 Å². The predicted octanol–water partition coefficient (Wildman–Crippen LogP) is 2.72. The molecular weight excluding hydrogens is 283 g/mol. The molecule has 1 aromatic carbocycles. The number of aromatic nitrogens is 1. The Morgan fingerprint density at radius 1 is 1.21 bits per heavy atom. The van der Waals surface area contributed by atoms with E-state index in [0.29, 0.717) is 22.2 Å². The first kappa shape index (κ1) is 14.1. The van der Waals surface area contributed by atoms with Crippen molar-refractivity contribution in [3.05, 3.63) is 57.8 Å². The van der Waals surface area contributed by atoms with E-state index in [9.17, 15) is 0 Å². The van der Waals surface area contributed by atoms with Crippen LogP contribution < -0.4 is 17.0 Å². The number of nitrogens with two attached hydrogens (primary N) is 2. The first-order chi connectivity index (χ1) is 9.11. The van der Waals surface area contributed by atoms with E-state index in [1.807, 2.05) is 6.07 Å². The van der Waals surface area contributed by atoms with Crippen LogP contribution in [0.3, 0.4) is 0 Å². The number of hydrogen-bond donors (Lipinski definition) is 3. The molecule has 1 heterocycles. The van der Waals surface area contributed by atoms with E-state index >= 15 is 0 Å². The fraction of sp³-hybridized carbons (Fsp3) is 0.154. The zero-order valence-electron chi connectivity index (χ0n) is 10.1. The highest BCUT2D eigenvalue weighted by Crippen LogP contribution is 2.27. The number of pyridine rings is 1. The van der Waals surface area contributed by atoms with E-state index in [0.717, 1.165) is 11.1 Å². The monoisotopic (exact) mass is 296 g/mol. The molecule has 0 saturated carbocycles. The van der Waals surface area contributed by atoms with Crippen molar-refractivity contribution in [1.29, 1.82) is 0 Å². The van der Waals surface area contributed by atoms with Gasteiger partial charge in [0.05, 0.1) is 16.1 Å². The fourth-order valence-corrected chi connectivity index (χ4v) is 2.14. The van der Waals surface area contributed by atoms with Crippen LogP contribution in [0.1, 0.15) is 17.2 Å². The van der Waals surface area contributed by atoms with E-state index in [-0.39, 0.29) is 6.04 Å². The van der Waals surface area contributed by atoms with Crippen LogP contribution in [0.25, 0.3) is 0 Å². The molecule has 1 unspecified atom stereocenters. The van der Waals surface area contributed by atoms with Crippen molar-refractivity contribution >= 4 is 28.9 Å². The number of anilines is 1. The molecule has 0 aliphatic heterocycles. The smallest absolute Gasteiger partial charge is 0.0595 e. The molecule has 0 aliphatic carbocycles. The van der Waals surface area contributed by atoms with Crippen molar-refractivity contribution in [3.8, 4) is 0 Å². The molecule has 1 aromatic heterocycles. The number of hydrogen-bond acceptors (Lipinski definition) is 4. The van der Waals surface area contributed by atoms with Gasteiger partial charge in [0.1, 0.15) is 0 Å². The number of nitrogen functional groups attached to an aromatic ring is 1. The average Bonchev–Trinajstić information content (AvgIpc) is 2.41. The molecule has 0 spiro atoms. The summed E-state index contributed by atoms with van der Waals surface area (Å²) in [6, 6.07) is 7.07. The van der Waals surface area contributed by atoms with Crippen LogP contribution in [0.2, 0.25) is 10.0 Å². The van der Waals surface area contributed by atoms with Gasteiger partial charge < -0.3 is 5.73 Å². The van der Waals surface area contributed by atoms with Crippen molar-refractivity contribution in [2.75, 3.05) is 5.73 Å². The lowest BCUT2D eigenvalue weighted by atomic mass is 9.99. The van der Waals surface area contributed by atoms with Gasteiger partial charge in [0.25, 0.3) is 0 Å². The van der Waals surface area contributed by atoms with Gasteiger partial charge in [0, 0.05) is 18.1 Å². The first-order valence-electron chi connectivity index (χ1n) is 5.71. The lowest BCUT2D eigenvalue weighted by Crippen LogP contribution is -2.29. The summed E-state index contributed by atoms with van der Waals surface area (Å²) in [5.74, 6) is 5.60. The highest BCUT2D eigenvalue weighted by molar-refractivity contribution is 6.42. The Balaban J connectivity index is 2.25. The van der Waals surface area contributed by atoms with Gasteiger partial charge in [-0.05, 0) is 35.7 Å². The molecule has 19 heavy (non-hydrogen) atoms. The Bertz CT molecular complexity index is 574. The lowest BCUT2D eigenvalue weighted by molar-refractivity contribution is 0.552. The van der Waals surface area contributed by atoms with Crippen molar-refractivity contribution in [2.24, 2.45) is 5.84 Å². The Morgan fingerprint density at radius 3 is 2.63 bits per heavy atom. The van der Waals surface area contributed by atoms with E-state index in [1.54, 1.807) is 30.6 Å². The standard InChI is InChI=1S/C13H14Cl2N4/c14-10-2-1-8(5-11(10)15)13(19-17)6-9-7-18-4-3-12(9)16/h1-5,7,13,19H,6,17H2,(H2,16,18). The topological polar surface area (TPSA) is 77.0 Å². The minimum atomic E-state index is -0.110. The van der Waals surface area contributed by atoms with Crippen LogP contribution >= 0.6 is 23.2 Å². The quantitative estimate of drug-likeness (QED) is 0.599. The SMILES string of the molecule is NNC(Cc1cnccc1N)c1ccc(Cl)c(Cl)c1. The summed E-state index contributed by atoms with van der Waals surface area (Å²) >= 11 is 11.9. The van der Waals surface area contributed by atoms with Crippen molar-refractivity contribution < 1.29 is 0 Å². The van der Waals surface area contributed by atoms with E-state index in [1.165, 1.54) is 0 Å². The molecular formula is C13H14Cl2N4. The first-order valence-corrected chi connectivity index (χ1v) is 6.47. The predicted molar refractivity (Wildman–Crippen MR) is 78.9 cm³/mol. The molecule has 0 radical (unpaired) electrons. The Hall–Kier alpha value is -1.33. The van der Waals surface area contributed by atoms with Crippen LogP contribution in [0, 0.1) is 0 Å². The summed E-state index contributed by atoms with van der Waals surface area (Å²) in [5, 5.41) is 1.01. The van der Waals surface area contributed by atoms with Gasteiger partial charge >= 0.3 is 0 Å². The highest BCUT2D eigenvalue weighted by Gasteiger charge is 2.13. The van der Waals surface area contributed by atoms with Crippen LogP contribution in [0.4, 0.5) is 5.69 Å². The number of hydrazine groups is 1. The van der Waals surface area contributed by atoms with Crippen molar-refractivity contribution in [3.63, 3.8) is 0 Å². The maximum Gasteiger partial charge on any atom is 0.0595 e. The molecule has 0 aliphatic rings. The van der Waals surface area contributed by atoms with Gasteiger partial charge in [-0.25, -0.2) is 0 Å². The Kier molecular flexibility index (Phi) is 4.61.